The number of nitrogens with zero attached hydrogens (tertiary/aromatic N) is 4. The SMILES string of the molecule is CCCCCCCCC1(CCCCCCCC)c2ccccc2-c2cc3c4cc5c(cc4c4nc6c7ccccc7c7ccccc7c6n4c3cc21)c1cc2c(cc1n1c5nc3c4ccccc4c4ccccc4c31)C(CCCCCCCC)(CCCCCCCC)c1ccccc1-2. The zero-order valence-corrected chi connectivity index (χ0v) is 58.9. The van der Waals surface area contributed by atoms with Crippen molar-refractivity contribution in [3.63, 3.8) is 0 Å². The zero-order valence-electron chi connectivity index (χ0n) is 58.9. The summed E-state index contributed by atoms with van der Waals surface area (Å²) in [6.45, 7) is 9.37. The van der Waals surface area contributed by atoms with Crippen LogP contribution >= 0.6 is 0 Å². The van der Waals surface area contributed by atoms with Crippen LogP contribution in [0, 0.1) is 0 Å². The molecule has 0 N–H and O–H groups in total. The fourth-order valence-corrected chi connectivity index (χ4v) is 19.6. The Hall–Kier alpha value is -8.60. The van der Waals surface area contributed by atoms with Crippen molar-refractivity contribution < 1.29 is 0 Å². The second kappa shape index (κ2) is 26.6. The second-order valence-corrected chi connectivity index (χ2v) is 30.2. The van der Waals surface area contributed by atoms with E-state index in [4.69, 9.17) is 9.97 Å². The lowest BCUT2D eigenvalue weighted by Gasteiger charge is -2.33. The van der Waals surface area contributed by atoms with Gasteiger partial charge in [-0.1, -0.05) is 327 Å². The molecule has 15 aromatic rings. The van der Waals surface area contributed by atoms with E-state index in [1.165, 1.54) is 311 Å². The number of rotatable bonds is 28. The summed E-state index contributed by atoms with van der Waals surface area (Å²) in [4.78, 5) is 12.2. The molecule has 4 aromatic heterocycles. The van der Waals surface area contributed by atoms with E-state index >= 15 is 0 Å². The highest BCUT2D eigenvalue weighted by molar-refractivity contribution is 6.31. The van der Waals surface area contributed by atoms with Gasteiger partial charge in [0.05, 0.1) is 33.1 Å². The minimum atomic E-state index is -0.0994. The van der Waals surface area contributed by atoms with Crippen molar-refractivity contribution in [1.29, 1.82) is 0 Å². The first-order chi connectivity index (χ1) is 48.5. The van der Waals surface area contributed by atoms with Gasteiger partial charge in [0.15, 0.2) is 0 Å². The molecule has 0 unspecified atom stereocenters. The summed E-state index contributed by atoms with van der Waals surface area (Å²) in [5.74, 6) is 0. The van der Waals surface area contributed by atoms with Crippen LogP contribution in [0.25, 0.3) is 142 Å². The number of aromatic nitrogens is 4. The van der Waals surface area contributed by atoms with E-state index in [9.17, 15) is 0 Å². The van der Waals surface area contributed by atoms with Crippen LogP contribution in [-0.2, 0) is 10.8 Å². The number of hydrogen-bond acceptors (Lipinski definition) is 2. The fourth-order valence-electron chi connectivity index (χ4n) is 19.6. The number of imidazole rings is 2. The van der Waals surface area contributed by atoms with Gasteiger partial charge in [0.25, 0.3) is 0 Å². The summed E-state index contributed by atoms with van der Waals surface area (Å²) in [6, 6.07) is 71.9. The van der Waals surface area contributed by atoms with E-state index in [0.29, 0.717) is 0 Å². The van der Waals surface area contributed by atoms with Gasteiger partial charge >= 0.3 is 0 Å². The summed E-state index contributed by atoms with van der Waals surface area (Å²) in [6.07, 6.45) is 35.7. The van der Waals surface area contributed by atoms with E-state index in [1.807, 2.05) is 0 Å². The normalized spacial score (nSPS) is 14.0. The third-order valence-electron chi connectivity index (χ3n) is 24.4. The average molecular weight is 1280 g/mol. The van der Waals surface area contributed by atoms with Gasteiger partial charge in [-0.25, -0.2) is 9.97 Å². The molecule has 4 nitrogen and oxygen atoms in total. The first kappa shape index (κ1) is 62.9. The predicted molar refractivity (Wildman–Crippen MR) is 423 cm³/mol. The fraction of sp³-hybridized carbons (Fsp3) is 0.362. The topological polar surface area (TPSA) is 34.6 Å². The average Bonchev–Trinajstić information content (AvgIpc) is 1.56. The van der Waals surface area contributed by atoms with Crippen molar-refractivity contribution in [3.8, 4) is 22.3 Å². The van der Waals surface area contributed by atoms with Gasteiger partial charge in [0.1, 0.15) is 11.3 Å². The molecule has 0 bridgehead atoms. The molecule has 2 aliphatic carbocycles. The maximum absolute atomic E-state index is 6.12. The van der Waals surface area contributed by atoms with Crippen molar-refractivity contribution in [1.82, 2.24) is 18.8 Å². The summed E-state index contributed by atoms with van der Waals surface area (Å²) >= 11 is 0. The van der Waals surface area contributed by atoms with Crippen molar-refractivity contribution in [2.24, 2.45) is 0 Å². The maximum Gasteiger partial charge on any atom is 0.146 e. The Labute approximate surface area is 579 Å². The van der Waals surface area contributed by atoms with Crippen LogP contribution in [0.2, 0.25) is 0 Å². The number of hydrogen-bond donors (Lipinski definition) is 0. The standard InChI is InChI=1S/C94H98N4/c1-5-9-13-17-21-37-53-93(54-38-22-18-14-10-6-2)81-51-35-33-45-67(81)75-59-77-73-57-80-74(58-79(73)91-95-87-69-47-29-25-41-63(69)65-43-27-31-49-71(65)89(87)97(91)85(77)61-83(75)93)78-60-76-68-46-34-36-52-82(68)94(55-39-23-19-15-11-7-3,56-40-24-20-16-12-8-4)84(76)62-86(78)98-90-72-50-32-28-44-66(72)64-42-26-30-48-70(64)88(90)96-92(80)98/h25-36,41-52,57-62H,5-24,37-40,53-56H2,1-4H3. The summed E-state index contributed by atoms with van der Waals surface area (Å²) in [5, 5.41) is 17.4. The highest BCUT2D eigenvalue weighted by atomic mass is 15.0. The molecule has 11 aromatic carbocycles. The van der Waals surface area contributed by atoms with Crippen LogP contribution in [0.1, 0.15) is 230 Å². The monoisotopic (exact) mass is 1280 g/mol. The third-order valence-corrected chi connectivity index (χ3v) is 24.4. The van der Waals surface area contributed by atoms with E-state index in [1.54, 1.807) is 11.1 Å². The van der Waals surface area contributed by atoms with Crippen LogP contribution in [0.15, 0.2) is 182 Å². The maximum atomic E-state index is 6.12. The lowest BCUT2D eigenvalue weighted by Crippen LogP contribution is -2.25. The second-order valence-electron chi connectivity index (χ2n) is 30.2. The summed E-state index contributed by atoms with van der Waals surface area (Å²) in [7, 11) is 0. The van der Waals surface area contributed by atoms with Crippen LogP contribution in [0.3, 0.4) is 0 Å². The highest BCUT2D eigenvalue weighted by Gasteiger charge is 2.45. The molecule has 2 aliphatic rings. The molecule has 0 saturated heterocycles. The molecule has 0 atom stereocenters. The Morgan fingerprint density at radius 2 is 0.541 bits per heavy atom. The smallest absolute Gasteiger partial charge is 0.146 e. The van der Waals surface area contributed by atoms with Gasteiger partial charge in [0, 0.05) is 53.9 Å². The third kappa shape index (κ3) is 10.2. The molecule has 4 heteroatoms. The molecule has 0 saturated carbocycles. The molecule has 0 spiro atoms. The Bertz CT molecular complexity index is 5180. The Morgan fingerprint density at radius 1 is 0.245 bits per heavy atom. The van der Waals surface area contributed by atoms with Gasteiger partial charge in [-0.2, -0.15) is 0 Å². The van der Waals surface area contributed by atoms with Gasteiger partial charge < -0.3 is 0 Å². The largest absolute Gasteiger partial charge is 0.291 e. The van der Waals surface area contributed by atoms with Crippen molar-refractivity contribution in [3.05, 3.63) is 204 Å². The minimum absolute atomic E-state index is 0.0994. The minimum Gasteiger partial charge on any atom is -0.291 e. The molecular formula is C94H98N4. The van der Waals surface area contributed by atoms with Gasteiger partial charge in [0.2, 0.25) is 0 Å². The number of pyridine rings is 2. The molecule has 4 heterocycles. The van der Waals surface area contributed by atoms with Crippen molar-refractivity contribution in [2.45, 2.75) is 218 Å². The molecular weight excluding hydrogens is 1190 g/mol. The van der Waals surface area contributed by atoms with Crippen LogP contribution in [0.5, 0.6) is 0 Å². The molecule has 494 valence electrons. The molecule has 17 rings (SSSR count). The Kier molecular flexibility index (Phi) is 17.1. The van der Waals surface area contributed by atoms with Gasteiger partial charge in [-0.15, -0.1) is 0 Å². The molecule has 0 fully saturated rings. The van der Waals surface area contributed by atoms with Crippen LogP contribution in [-0.4, -0.2) is 18.8 Å². The van der Waals surface area contributed by atoms with Gasteiger partial charge in [-0.05, 0) is 139 Å². The van der Waals surface area contributed by atoms with E-state index in [2.05, 4.69) is 218 Å². The quantitative estimate of drug-likeness (QED) is 0.0278. The first-order valence-corrected chi connectivity index (χ1v) is 38.9. The summed E-state index contributed by atoms with van der Waals surface area (Å²) in [5.41, 5.74) is 20.7. The van der Waals surface area contributed by atoms with E-state index < -0.39 is 0 Å². The molecule has 0 aliphatic heterocycles. The van der Waals surface area contributed by atoms with Crippen LogP contribution in [0.4, 0.5) is 0 Å². The number of fused-ring (bicyclic) bond motifs is 32. The Balaban J connectivity index is 0.999. The lowest BCUT2D eigenvalue weighted by molar-refractivity contribution is 0.398. The predicted octanol–water partition coefficient (Wildman–Crippen LogP) is 28.0. The number of benzene rings is 11. The number of unbranched alkanes of at least 4 members (excludes halogenated alkanes) is 20. The molecule has 98 heavy (non-hydrogen) atoms. The van der Waals surface area contributed by atoms with E-state index in [-0.39, 0.29) is 10.8 Å². The first-order valence-electron chi connectivity index (χ1n) is 38.9. The van der Waals surface area contributed by atoms with Crippen molar-refractivity contribution in [2.75, 3.05) is 0 Å². The highest BCUT2D eigenvalue weighted by Crippen LogP contribution is 2.59. The Morgan fingerprint density at radius 3 is 0.898 bits per heavy atom. The zero-order chi connectivity index (χ0) is 65.9. The summed E-state index contributed by atoms with van der Waals surface area (Å²) < 4.78 is 5.32. The lowest BCUT2D eigenvalue weighted by atomic mass is 9.70. The van der Waals surface area contributed by atoms with Gasteiger partial charge in [-0.3, -0.25) is 8.80 Å². The molecule has 0 radical (unpaired) electrons. The van der Waals surface area contributed by atoms with Crippen molar-refractivity contribution >= 4 is 120 Å². The van der Waals surface area contributed by atoms with Crippen LogP contribution < -0.4 is 0 Å². The van der Waals surface area contributed by atoms with E-state index in [0.717, 1.165) is 22.3 Å². The molecule has 0 amide bonds.